The molecule has 0 radical (unpaired) electrons. The monoisotopic (exact) mass is 242 g/mol. The Kier molecular flexibility index (Phi) is 3.80. The summed E-state index contributed by atoms with van der Waals surface area (Å²) in [5.74, 6) is 0. The van der Waals surface area contributed by atoms with Gasteiger partial charge in [0.15, 0.2) is 0 Å². The minimum absolute atomic E-state index is 0.0540. The van der Waals surface area contributed by atoms with Crippen LogP contribution in [0.4, 0.5) is 0 Å². The molecule has 2 aromatic carbocycles. The normalized spacial score (nSPS) is 10.7. The zero-order valence-corrected chi connectivity index (χ0v) is 10.8. The minimum Gasteiger partial charge on any atom is -0.392 e. The number of rotatable bonds is 3. The van der Waals surface area contributed by atoms with Crippen LogP contribution in [0.3, 0.4) is 0 Å². The van der Waals surface area contributed by atoms with Crippen molar-refractivity contribution in [1.29, 1.82) is 0 Å². The molecule has 0 spiro atoms. The Balaban J connectivity index is 2.62. The van der Waals surface area contributed by atoms with Gasteiger partial charge in [-0.3, -0.25) is 0 Å². The van der Waals surface area contributed by atoms with Crippen LogP contribution in [0, 0.1) is 13.8 Å². The SMILES string of the molecule is Cc1c(CO)cccc1-c1cccc(CO)c1C. The lowest BCUT2D eigenvalue weighted by Crippen LogP contribution is -1.96. The molecule has 0 heterocycles. The minimum atomic E-state index is 0.0540. The lowest BCUT2D eigenvalue weighted by molar-refractivity contribution is 0.280. The molecule has 0 bridgehead atoms. The maximum atomic E-state index is 9.32. The molecule has 0 saturated carbocycles. The number of aliphatic hydroxyl groups is 2. The van der Waals surface area contributed by atoms with Crippen molar-refractivity contribution >= 4 is 0 Å². The maximum Gasteiger partial charge on any atom is 0.0684 e. The molecule has 2 rings (SSSR count). The van der Waals surface area contributed by atoms with Crippen molar-refractivity contribution in [1.82, 2.24) is 0 Å². The molecular formula is C16H18O2. The highest BCUT2D eigenvalue weighted by Gasteiger charge is 2.09. The fourth-order valence-electron chi connectivity index (χ4n) is 2.29. The van der Waals surface area contributed by atoms with Gasteiger partial charge in [-0.15, -0.1) is 0 Å². The molecule has 0 amide bonds. The van der Waals surface area contributed by atoms with E-state index in [0.717, 1.165) is 33.4 Å². The molecule has 2 nitrogen and oxygen atoms in total. The van der Waals surface area contributed by atoms with Gasteiger partial charge in [0.2, 0.25) is 0 Å². The number of benzene rings is 2. The largest absolute Gasteiger partial charge is 0.392 e. The molecule has 0 unspecified atom stereocenters. The van der Waals surface area contributed by atoms with Crippen LogP contribution in [0.25, 0.3) is 11.1 Å². The molecule has 0 atom stereocenters. The number of hydrogen-bond donors (Lipinski definition) is 2. The van der Waals surface area contributed by atoms with E-state index in [9.17, 15) is 10.2 Å². The number of hydrogen-bond acceptors (Lipinski definition) is 2. The topological polar surface area (TPSA) is 40.5 Å². The van der Waals surface area contributed by atoms with Crippen LogP contribution in [0.1, 0.15) is 22.3 Å². The first-order valence-electron chi connectivity index (χ1n) is 6.08. The molecule has 2 heteroatoms. The molecule has 0 aliphatic heterocycles. The number of aliphatic hydroxyl groups excluding tert-OH is 2. The third-order valence-corrected chi connectivity index (χ3v) is 3.52. The fraction of sp³-hybridized carbons (Fsp3) is 0.250. The molecule has 0 fully saturated rings. The fourth-order valence-corrected chi connectivity index (χ4v) is 2.29. The smallest absolute Gasteiger partial charge is 0.0684 e. The summed E-state index contributed by atoms with van der Waals surface area (Å²) in [4.78, 5) is 0. The first kappa shape index (κ1) is 12.8. The van der Waals surface area contributed by atoms with E-state index < -0.39 is 0 Å². The molecule has 0 aromatic heterocycles. The summed E-state index contributed by atoms with van der Waals surface area (Å²) in [7, 11) is 0. The third-order valence-electron chi connectivity index (χ3n) is 3.52. The standard InChI is InChI=1S/C16H18O2/c1-11-13(9-17)5-3-7-15(11)16-8-4-6-14(10-18)12(16)2/h3-8,17-18H,9-10H2,1-2H3. The highest BCUT2D eigenvalue weighted by atomic mass is 16.3. The Morgan fingerprint density at radius 1 is 0.722 bits per heavy atom. The maximum absolute atomic E-state index is 9.32. The second-order valence-corrected chi connectivity index (χ2v) is 4.50. The summed E-state index contributed by atoms with van der Waals surface area (Å²) >= 11 is 0. The quantitative estimate of drug-likeness (QED) is 0.868. The highest BCUT2D eigenvalue weighted by molar-refractivity contribution is 5.72. The van der Waals surface area contributed by atoms with Crippen molar-refractivity contribution in [2.45, 2.75) is 27.1 Å². The molecule has 2 aromatic rings. The van der Waals surface area contributed by atoms with E-state index in [-0.39, 0.29) is 13.2 Å². The highest BCUT2D eigenvalue weighted by Crippen LogP contribution is 2.30. The average Bonchev–Trinajstić information content (AvgIpc) is 2.40. The van der Waals surface area contributed by atoms with Crippen LogP contribution < -0.4 is 0 Å². The van der Waals surface area contributed by atoms with Gasteiger partial charge in [-0.2, -0.15) is 0 Å². The van der Waals surface area contributed by atoms with Gasteiger partial charge < -0.3 is 10.2 Å². The summed E-state index contributed by atoms with van der Waals surface area (Å²) in [6.45, 7) is 4.15. The van der Waals surface area contributed by atoms with Gasteiger partial charge in [-0.05, 0) is 47.2 Å². The van der Waals surface area contributed by atoms with Crippen LogP contribution in [0.2, 0.25) is 0 Å². The van der Waals surface area contributed by atoms with Crippen LogP contribution in [-0.4, -0.2) is 10.2 Å². The third kappa shape index (κ3) is 2.17. The molecule has 0 aliphatic carbocycles. The van der Waals surface area contributed by atoms with Crippen molar-refractivity contribution in [3.63, 3.8) is 0 Å². The summed E-state index contributed by atoms with van der Waals surface area (Å²) < 4.78 is 0. The Morgan fingerprint density at radius 2 is 1.11 bits per heavy atom. The van der Waals surface area contributed by atoms with E-state index in [2.05, 4.69) is 12.1 Å². The van der Waals surface area contributed by atoms with E-state index >= 15 is 0 Å². The van der Waals surface area contributed by atoms with Gasteiger partial charge in [0.25, 0.3) is 0 Å². The zero-order chi connectivity index (χ0) is 13.1. The molecule has 0 saturated heterocycles. The first-order chi connectivity index (χ1) is 8.69. The van der Waals surface area contributed by atoms with Crippen molar-refractivity contribution in [3.8, 4) is 11.1 Å². The van der Waals surface area contributed by atoms with Gasteiger partial charge in [0.05, 0.1) is 13.2 Å². The second-order valence-electron chi connectivity index (χ2n) is 4.50. The van der Waals surface area contributed by atoms with Crippen molar-refractivity contribution < 1.29 is 10.2 Å². The van der Waals surface area contributed by atoms with Gasteiger partial charge in [-0.25, -0.2) is 0 Å². The summed E-state index contributed by atoms with van der Waals surface area (Å²) in [5, 5.41) is 18.6. The lowest BCUT2D eigenvalue weighted by Gasteiger charge is -2.14. The van der Waals surface area contributed by atoms with Crippen LogP contribution in [-0.2, 0) is 13.2 Å². The summed E-state index contributed by atoms with van der Waals surface area (Å²) in [5.41, 5.74) is 6.32. The Labute approximate surface area is 108 Å². The Bertz CT molecular complexity index is 508. The zero-order valence-electron chi connectivity index (χ0n) is 10.8. The predicted molar refractivity (Wildman–Crippen MR) is 73.2 cm³/mol. The van der Waals surface area contributed by atoms with E-state index in [0.29, 0.717) is 0 Å². The summed E-state index contributed by atoms with van der Waals surface area (Å²) in [6.07, 6.45) is 0. The van der Waals surface area contributed by atoms with Gasteiger partial charge in [0, 0.05) is 0 Å². The molecular weight excluding hydrogens is 224 g/mol. The molecule has 2 N–H and O–H groups in total. The van der Waals surface area contributed by atoms with Gasteiger partial charge >= 0.3 is 0 Å². The summed E-state index contributed by atoms with van der Waals surface area (Å²) in [6, 6.07) is 11.9. The van der Waals surface area contributed by atoms with Crippen molar-refractivity contribution in [3.05, 3.63) is 58.7 Å². The predicted octanol–water partition coefficient (Wildman–Crippen LogP) is 2.96. The molecule has 0 aliphatic rings. The van der Waals surface area contributed by atoms with E-state index in [1.54, 1.807) is 0 Å². The van der Waals surface area contributed by atoms with E-state index in [1.165, 1.54) is 0 Å². The van der Waals surface area contributed by atoms with Crippen molar-refractivity contribution in [2.75, 3.05) is 0 Å². The van der Waals surface area contributed by atoms with Crippen LogP contribution >= 0.6 is 0 Å². The molecule has 18 heavy (non-hydrogen) atoms. The van der Waals surface area contributed by atoms with Crippen molar-refractivity contribution in [2.24, 2.45) is 0 Å². The van der Waals surface area contributed by atoms with Crippen LogP contribution in [0.5, 0.6) is 0 Å². The Morgan fingerprint density at radius 3 is 1.44 bits per heavy atom. The van der Waals surface area contributed by atoms with Gasteiger partial charge in [0.1, 0.15) is 0 Å². The first-order valence-corrected chi connectivity index (χ1v) is 6.08. The van der Waals surface area contributed by atoms with E-state index in [1.807, 2.05) is 38.1 Å². The Hall–Kier alpha value is -1.64. The van der Waals surface area contributed by atoms with E-state index in [4.69, 9.17) is 0 Å². The second kappa shape index (κ2) is 5.34. The lowest BCUT2D eigenvalue weighted by atomic mass is 9.92. The average molecular weight is 242 g/mol. The molecule has 94 valence electrons. The van der Waals surface area contributed by atoms with Crippen LogP contribution in [0.15, 0.2) is 36.4 Å². The van der Waals surface area contributed by atoms with Gasteiger partial charge in [-0.1, -0.05) is 36.4 Å².